The molecule has 0 aliphatic rings. The van der Waals surface area contributed by atoms with Crippen LogP contribution in [0.5, 0.6) is 0 Å². The number of nitrogens with one attached hydrogen (secondary N) is 2. The van der Waals surface area contributed by atoms with Gasteiger partial charge in [-0.3, -0.25) is 4.79 Å². The third-order valence-corrected chi connectivity index (χ3v) is 4.77. The van der Waals surface area contributed by atoms with Crippen molar-refractivity contribution in [3.8, 4) is 0 Å². The van der Waals surface area contributed by atoms with Crippen LogP contribution in [0.1, 0.15) is 0 Å². The fourth-order valence-electron chi connectivity index (χ4n) is 1.80. The summed E-state index contributed by atoms with van der Waals surface area (Å²) >= 11 is 11.7. The van der Waals surface area contributed by atoms with E-state index in [1.807, 2.05) is 0 Å². The first-order valence-corrected chi connectivity index (χ1v) is 9.19. The zero-order valence-corrected chi connectivity index (χ0v) is 14.5. The molecule has 0 aliphatic heterocycles. The topological polar surface area (TPSA) is 75.3 Å². The minimum absolute atomic E-state index is 0.0204. The molecule has 0 aromatic heterocycles. The molecule has 2 aromatic rings. The van der Waals surface area contributed by atoms with Crippen molar-refractivity contribution >= 4 is 50.3 Å². The predicted octanol–water partition coefficient (Wildman–Crippen LogP) is 3.45. The molecule has 1 amide bonds. The summed E-state index contributed by atoms with van der Waals surface area (Å²) in [6, 6.07) is 11.0. The number of carbonyl (C=O) groups is 1. The molecule has 0 fully saturated rings. The molecule has 0 radical (unpaired) electrons. The van der Waals surface area contributed by atoms with E-state index in [4.69, 9.17) is 23.2 Å². The lowest BCUT2D eigenvalue weighted by atomic mass is 10.3. The molecule has 2 aromatic carbocycles. The number of rotatable bonds is 5. The van der Waals surface area contributed by atoms with Crippen LogP contribution in [-0.4, -0.2) is 27.1 Å². The second-order valence-electron chi connectivity index (χ2n) is 4.83. The summed E-state index contributed by atoms with van der Waals surface area (Å²) in [6.07, 6.45) is 1.13. The van der Waals surface area contributed by atoms with Gasteiger partial charge in [-0.25, -0.2) is 8.42 Å². The Morgan fingerprint density at radius 1 is 1.04 bits per heavy atom. The van der Waals surface area contributed by atoms with Gasteiger partial charge in [-0.05, 0) is 36.4 Å². The third-order valence-electron chi connectivity index (χ3n) is 2.92. The summed E-state index contributed by atoms with van der Waals surface area (Å²) in [5.74, 6) is -0.298. The number of hydrogen-bond acceptors (Lipinski definition) is 4. The highest BCUT2D eigenvalue weighted by Gasteiger charge is 2.08. The fourth-order valence-corrected chi connectivity index (χ4v) is 2.76. The van der Waals surface area contributed by atoms with Crippen LogP contribution in [0.15, 0.2) is 47.4 Å². The van der Waals surface area contributed by atoms with Crippen molar-refractivity contribution in [2.24, 2.45) is 0 Å². The van der Waals surface area contributed by atoms with Gasteiger partial charge in [0.25, 0.3) is 0 Å². The highest BCUT2D eigenvalue weighted by molar-refractivity contribution is 7.90. The molecule has 122 valence electrons. The first kappa shape index (κ1) is 17.6. The number of anilines is 2. The molecule has 0 saturated carbocycles. The van der Waals surface area contributed by atoms with Crippen LogP contribution < -0.4 is 10.6 Å². The van der Waals surface area contributed by atoms with Crippen molar-refractivity contribution in [3.63, 3.8) is 0 Å². The Morgan fingerprint density at radius 3 is 2.43 bits per heavy atom. The van der Waals surface area contributed by atoms with Crippen molar-refractivity contribution in [3.05, 3.63) is 52.5 Å². The van der Waals surface area contributed by atoms with Crippen LogP contribution in [-0.2, 0) is 14.6 Å². The summed E-state index contributed by atoms with van der Waals surface area (Å²) in [4.78, 5) is 12.1. The van der Waals surface area contributed by atoms with E-state index in [0.717, 1.165) is 6.26 Å². The van der Waals surface area contributed by atoms with Crippen molar-refractivity contribution in [1.29, 1.82) is 0 Å². The monoisotopic (exact) mass is 372 g/mol. The van der Waals surface area contributed by atoms with E-state index in [-0.39, 0.29) is 17.3 Å². The molecule has 0 saturated heterocycles. The molecular formula is C15H14Cl2N2O3S. The zero-order valence-electron chi connectivity index (χ0n) is 12.1. The summed E-state index contributed by atoms with van der Waals surface area (Å²) in [7, 11) is -3.29. The SMILES string of the molecule is CS(=O)(=O)c1cccc(NCC(=O)Nc2ccc(Cl)c(Cl)c2)c1. The maximum atomic E-state index is 11.9. The molecule has 0 heterocycles. The number of benzene rings is 2. The molecule has 23 heavy (non-hydrogen) atoms. The molecule has 0 atom stereocenters. The minimum atomic E-state index is -3.29. The normalized spacial score (nSPS) is 11.1. The van der Waals surface area contributed by atoms with Gasteiger partial charge < -0.3 is 10.6 Å². The van der Waals surface area contributed by atoms with Crippen LogP contribution in [0.3, 0.4) is 0 Å². The van der Waals surface area contributed by atoms with Gasteiger partial charge in [0.05, 0.1) is 21.5 Å². The van der Waals surface area contributed by atoms with Crippen LogP contribution >= 0.6 is 23.2 Å². The van der Waals surface area contributed by atoms with Crippen LogP contribution in [0, 0.1) is 0 Å². The van der Waals surface area contributed by atoms with E-state index in [2.05, 4.69) is 10.6 Å². The summed E-state index contributed by atoms with van der Waals surface area (Å²) in [5.41, 5.74) is 1.06. The van der Waals surface area contributed by atoms with Crippen molar-refractivity contribution < 1.29 is 13.2 Å². The predicted molar refractivity (Wildman–Crippen MR) is 93.1 cm³/mol. The molecule has 0 spiro atoms. The fraction of sp³-hybridized carbons (Fsp3) is 0.133. The van der Waals surface area contributed by atoms with E-state index in [1.165, 1.54) is 12.1 Å². The van der Waals surface area contributed by atoms with E-state index in [1.54, 1.807) is 30.3 Å². The molecular weight excluding hydrogens is 359 g/mol. The minimum Gasteiger partial charge on any atom is -0.376 e. The van der Waals surface area contributed by atoms with E-state index in [9.17, 15) is 13.2 Å². The number of carbonyl (C=O) groups excluding carboxylic acids is 1. The van der Waals surface area contributed by atoms with Crippen LogP contribution in [0.4, 0.5) is 11.4 Å². The Balaban J connectivity index is 1.98. The highest BCUT2D eigenvalue weighted by atomic mass is 35.5. The van der Waals surface area contributed by atoms with Gasteiger partial charge in [0, 0.05) is 17.6 Å². The average molecular weight is 373 g/mol. The molecule has 8 heteroatoms. The van der Waals surface area contributed by atoms with Crippen molar-refractivity contribution in [2.45, 2.75) is 4.90 Å². The number of amides is 1. The van der Waals surface area contributed by atoms with E-state index >= 15 is 0 Å². The van der Waals surface area contributed by atoms with Crippen molar-refractivity contribution in [2.75, 3.05) is 23.4 Å². The molecule has 2 N–H and O–H groups in total. The van der Waals surface area contributed by atoms with E-state index in [0.29, 0.717) is 21.4 Å². The van der Waals surface area contributed by atoms with Crippen molar-refractivity contribution in [1.82, 2.24) is 0 Å². The Hall–Kier alpha value is -1.76. The van der Waals surface area contributed by atoms with Gasteiger partial charge in [-0.1, -0.05) is 29.3 Å². The highest BCUT2D eigenvalue weighted by Crippen LogP contribution is 2.25. The third kappa shape index (κ3) is 5.13. The standard InChI is InChI=1S/C15H14Cl2N2O3S/c1-23(21,22)12-4-2-3-10(7-12)18-9-15(20)19-11-5-6-13(16)14(17)8-11/h2-8,18H,9H2,1H3,(H,19,20). The lowest BCUT2D eigenvalue weighted by molar-refractivity contribution is -0.114. The molecule has 5 nitrogen and oxygen atoms in total. The Labute approximate surface area is 144 Å². The molecule has 2 rings (SSSR count). The number of hydrogen-bond donors (Lipinski definition) is 2. The second-order valence-corrected chi connectivity index (χ2v) is 7.66. The molecule has 0 aliphatic carbocycles. The van der Waals surface area contributed by atoms with E-state index < -0.39 is 9.84 Å². The summed E-state index contributed by atoms with van der Waals surface area (Å²) in [6.45, 7) is -0.0204. The maximum absolute atomic E-state index is 11.9. The van der Waals surface area contributed by atoms with Gasteiger partial charge >= 0.3 is 0 Å². The van der Waals surface area contributed by atoms with Crippen LogP contribution in [0.2, 0.25) is 10.0 Å². The van der Waals surface area contributed by atoms with Gasteiger partial charge in [-0.15, -0.1) is 0 Å². The smallest absolute Gasteiger partial charge is 0.243 e. The Morgan fingerprint density at radius 2 is 1.78 bits per heavy atom. The Kier molecular flexibility index (Phi) is 5.51. The molecule has 0 bridgehead atoms. The summed E-state index contributed by atoms with van der Waals surface area (Å²) < 4.78 is 23.0. The Bertz CT molecular complexity index is 838. The van der Waals surface area contributed by atoms with Crippen LogP contribution in [0.25, 0.3) is 0 Å². The summed E-state index contributed by atoms with van der Waals surface area (Å²) in [5, 5.41) is 6.28. The van der Waals surface area contributed by atoms with Gasteiger partial charge in [0.2, 0.25) is 5.91 Å². The first-order valence-electron chi connectivity index (χ1n) is 6.54. The zero-order chi connectivity index (χ0) is 17.0. The largest absolute Gasteiger partial charge is 0.376 e. The first-order chi connectivity index (χ1) is 10.8. The maximum Gasteiger partial charge on any atom is 0.243 e. The lowest BCUT2D eigenvalue weighted by Gasteiger charge is -2.09. The molecule has 0 unspecified atom stereocenters. The van der Waals surface area contributed by atoms with Gasteiger partial charge in [0.1, 0.15) is 0 Å². The van der Waals surface area contributed by atoms with Gasteiger partial charge in [0.15, 0.2) is 9.84 Å². The average Bonchev–Trinajstić information content (AvgIpc) is 2.48. The number of sulfone groups is 1. The second kappa shape index (κ2) is 7.21. The lowest BCUT2D eigenvalue weighted by Crippen LogP contribution is -2.21. The quantitative estimate of drug-likeness (QED) is 0.842. The van der Waals surface area contributed by atoms with Gasteiger partial charge in [-0.2, -0.15) is 0 Å². The number of halogens is 2.